The highest BCUT2D eigenvalue weighted by molar-refractivity contribution is 7.18. The Morgan fingerprint density at radius 3 is 2.68 bits per heavy atom. The number of benzene rings is 2. The summed E-state index contributed by atoms with van der Waals surface area (Å²) in [5.41, 5.74) is 1.41. The van der Waals surface area contributed by atoms with Gasteiger partial charge in [-0.15, -0.1) is 11.3 Å². The summed E-state index contributed by atoms with van der Waals surface area (Å²) in [4.78, 5) is 33.9. The van der Waals surface area contributed by atoms with Gasteiger partial charge in [-0.05, 0) is 45.2 Å². The Hall–Kier alpha value is -2.77. The third kappa shape index (κ3) is 3.27. The molecule has 0 atom stereocenters. The first-order valence-corrected chi connectivity index (χ1v) is 9.94. The van der Waals surface area contributed by atoms with Gasteiger partial charge in [-0.1, -0.05) is 24.3 Å². The first-order valence-electron chi connectivity index (χ1n) is 9.13. The van der Waals surface area contributed by atoms with E-state index in [1.807, 2.05) is 60.5 Å². The molecule has 2 aromatic carbocycles. The molecule has 6 nitrogen and oxygen atoms in total. The van der Waals surface area contributed by atoms with Crippen LogP contribution in [0.15, 0.2) is 48.5 Å². The Balaban J connectivity index is 1.54. The molecular weight excluding hydrogens is 372 g/mol. The molecule has 1 aliphatic heterocycles. The Bertz CT molecular complexity index is 1030. The first kappa shape index (κ1) is 18.6. The lowest BCUT2D eigenvalue weighted by atomic mass is 9.96. The molecule has 144 valence electrons. The molecular formula is C21H22N4O2S. The van der Waals surface area contributed by atoms with Gasteiger partial charge < -0.3 is 5.32 Å². The van der Waals surface area contributed by atoms with E-state index in [-0.39, 0.29) is 18.4 Å². The molecule has 0 spiro atoms. The minimum absolute atomic E-state index is 0.115. The first-order chi connectivity index (χ1) is 13.4. The summed E-state index contributed by atoms with van der Waals surface area (Å²) in [6.45, 7) is 4.31. The number of likely N-dealkylation sites (N-methyl/N-ethyl adjacent to an activating group) is 1. The number of carbonyl (C=O) groups excluding carboxylic acids is 2. The minimum atomic E-state index is -0.956. The summed E-state index contributed by atoms with van der Waals surface area (Å²) >= 11 is 1.64. The second kappa shape index (κ2) is 7.00. The van der Waals surface area contributed by atoms with E-state index in [0.717, 1.165) is 20.9 Å². The van der Waals surface area contributed by atoms with Crippen LogP contribution in [-0.4, -0.2) is 40.8 Å². The molecule has 7 heteroatoms. The summed E-state index contributed by atoms with van der Waals surface area (Å²) in [5.74, 6) is -0.302. The number of aromatic nitrogens is 1. The van der Waals surface area contributed by atoms with Crippen LogP contribution in [0.3, 0.4) is 0 Å². The molecule has 0 radical (unpaired) electrons. The standard InChI is InChI=1S/C21H22N4O2S/c1-21(2)20(27)23-14-8-4-6-10-16(14)25(21)19(26)13-24(3)12-18-22-15-9-5-7-11-17(15)28-18/h4-11H,12-13H2,1-3H3,(H,23,27). The molecule has 1 aliphatic rings. The number of carbonyl (C=O) groups is 2. The number of rotatable bonds is 4. The number of nitrogens with one attached hydrogen (secondary N) is 1. The molecule has 0 bridgehead atoms. The fourth-order valence-electron chi connectivity index (χ4n) is 3.47. The van der Waals surface area contributed by atoms with Crippen molar-refractivity contribution in [3.8, 4) is 0 Å². The lowest BCUT2D eigenvalue weighted by Gasteiger charge is -2.42. The van der Waals surface area contributed by atoms with Gasteiger partial charge in [0.25, 0.3) is 0 Å². The van der Waals surface area contributed by atoms with Crippen LogP contribution in [0.5, 0.6) is 0 Å². The van der Waals surface area contributed by atoms with Crippen molar-refractivity contribution in [3.63, 3.8) is 0 Å². The van der Waals surface area contributed by atoms with Gasteiger partial charge in [0.2, 0.25) is 11.8 Å². The number of hydrogen-bond acceptors (Lipinski definition) is 5. The molecule has 0 fully saturated rings. The summed E-state index contributed by atoms with van der Waals surface area (Å²) in [6.07, 6.45) is 0. The van der Waals surface area contributed by atoms with E-state index in [1.54, 1.807) is 30.1 Å². The fraction of sp³-hybridized carbons (Fsp3) is 0.286. The van der Waals surface area contributed by atoms with E-state index >= 15 is 0 Å². The van der Waals surface area contributed by atoms with Crippen LogP contribution in [0.2, 0.25) is 0 Å². The second-order valence-corrected chi connectivity index (χ2v) is 8.62. The number of para-hydroxylation sites is 3. The number of amides is 2. The Morgan fingerprint density at radius 2 is 1.89 bits per heavy atom. The smallest absolute Gasteiger partial charge is 0.250 e. The van der Waals surface area contributed by atoms with E-state index in [0.29, 0.717) is 12.2 Å². The third-order valence-corrected chi connectivity index (χ3v) is 5.93. The summed E-state index contributed by atoms with van der Waals surface area (Å²) in [6, 6.07) is 15.4. The SMILES string of the molecule is CN(CC(=O)N1c2ccccc2NC(=O)C1(C)C)Cc1nc2ccccc2s1. The molecule has 2 amide bonds. The number of hydrogen-bond donors (Lipinski definition) is 1. The van der Waals surface area contributed by atoms with Crippen LogP contribution >= 0.6 is 11.3 Å². The molecule has 0 saturated heterocycles. The normalized spacial score (nSPS) is 15.6. The van der Waals surface area contributed by atoms with Gasteiger partial charge in [-0.2, -0.15) is 0 Å². The molecule has 4 rings (SSSR count). The van der Waals surface area contributed by atoms with E-state index in [1.165, 1.54) is 0 Å². The lowest BCUT2D eigenvalue weighted by Crippen LogP contribution is -2.60. The lowest BCUT2D eigenvalue weighted by molar-refractivity contribution is -0.127. The van der Waals surface area contributed by atoms with Crippen LogP contribution in [0.4, 0.5) is 11.4 Å². The molecule has 0 aliphatic carbocycles. The average Bonchev–Trinajstić information content (AvgIpc) is 3.04. The van der Waals surface area contributed by atoms with Crippen LogP contribution in [0.1, 0.15) is 18.9 Å². The topological polar surface area (TPSA) is 65.5 Å². The molecule has 0 saturated carbocycles. The van der Waals surface area contributed by atoms with Gasteiger partial charge in [0, 0.05) is 0 Å². The number of fused-ring (bicyclic) bond motifs is 2. The van der Waals surface area contributed by atoms with Gasteiger partial charge in [0.15, 0.2) is 0 Å². The molecule has 3 aromatic rings. The Morgan fingerprint density at radius 1 is 1.18 bits per heavy atom. The number of thiazole rings is 1. The summed E-state index contributed by atoms with van der Waals surface area (Å²) in [7, 11) is 1.90. The van der Waals surface area contributed by atoms with Crippen LogP contribution < -0.4 is 10.2 Å². The average molecular weight is 395 g/mol. The van der Waals surface area contributed by atoms with Gasteiger partial charge in [0.1, 0.15) is 10.5 Å². The van der Waals surface area contributed by atoms with Gasteiger partial charge in [0.05, 0.1) is 34.7 Å². The van der Waals surface area contributed by atoms with Crippen molar-refractivity contribution in [1.29, 1.82) is 0 Å². The van der Waals surface area contributed by atoms with Crippen molar-refractivity contribution in [2.75, 3.05) is 23.8 Å². The number of anilines is 2. The van der Waals surface area contributed by atoms with Crippen LogP contribution in [0.25, 0.3) is 10.2 Å². The zero-order valence-corrected chi connectivity index (χ0v) is 16.9. The largest absolute Gasteiger partial charge is 0.322 e. The molecule has 2 heterocycles. The van der Waals surface area contributed by atoms with Gasteiger partial charge in [-0.25, -0.2) is 4.98 Å². The maximum absolute atomic E-state index is 13.2. The fourth-order valence-corrected chi connectivity index (χ4v) is 4.52. The maximum atomic E-state index is 13.2. The Labute approximate surface area is 167 Å². The van der Waals surface area contributed by atoms with Gasteiger partial charge >= 0.3 is 0 Å². The molecule has 1 aromatic heterocycles. The zero-order chi connectivity index (χ0) is 19.9. The van der Waals surface area contributed by atoms with Crippen molar-refractivity contribution in [2.45, 2.75) is 25.9 Å². The third-order valence-electron chi connectivity index (χ3n) is 4.91. The number of nitrogens with zero attached hydrogens (tertiary/aromatic N) is 3. The van der Waals surface area contributed by atoms with E-state index in [4.69, 9.17) is 0 Å². The molecule has 28 heavy (non-hydrogen) atoms. The summed E-state index contributed by atoms with van der Waals surface area (Å²) < 4.78 is 1.14. The van der Waals surface area contributed by atoms with Crippen molar-refractivity contribution in [3.05, 3.63) is 53.5 Å². The van der Waals surface area contributed by atoms with Crippen LogP contribution in [0, 0.1) is 0 Å². The van der Waals surface area contributed by atoms with Crippen molar-refractivity contribution in [1.82, 2.24) is 9.88 Å². The summed E-state index contributed by atoms with van der Waals surface area (Å²) in [5, 5.41) is 3.85. The zero-order valence-electron chi connectivity index (χ0n) is 16.1. The maximum Gasteiger partial charge on any atom is 0.250 e. The molecule has 0 unspecified atom stereocenters. The van der Waals surface area contributed by atoms with E-state index < -0.39 is 5.54 Å². The van der Waals surface area contributed by atoms with E-state index in [2.05, 4.69) is 10.3 Å². The minimum Gasteiger partial charge on any atom is -0.322 e. The van der Waals surface area contributed by atoms with E-state index in [9.17, 15) is 9.59 Å². The Kier molecular flexibility index (Phi) is 4.64. The van der Waals surface area contributed by atoms with Crippen LogP contribution in [-0.2, 0) is 16.1 Å². The highest BCUT2D eigenvalue weighted by atomic mass is 32.1. The van der Waals surface area contributed by atoms with Crippen molar-refractivity contribution < 1.29 is 9.59 Å². The monoisotopic (exact) mass is 394 g/mol. The predicted molar refractivity (Wildman–Crippen MR) is 113 cm³/mol. The highest BCUT2D eigenvalue weighted by Crippen LogP contribution is 2.36. The predicted octanol–water partition coefficient (Wildman–Crippen LogP) is 3.49. The molecule has 1 N–H and O–H groups in total. The highest BCUT2D eigenvalue weighted by Gasteiger charge is 2.43. The van der Waals surface area contributed by atoms with Crippen molar-refractivity contribution >= 4 is 44.7 Å². The second-order valence-electron chi connectivity index (χ2n) is 7.51. The van der Waals surface area contributed by atoms with Crippen molar-refractivity contribution in [2.24, 2.45) is 0 Å². The quantitative estimate of drug-likeness (QED) is 0.736. The van der Waals surface area contributed by atoms with Gasteiger partial charge in [-0.3, -0.25) is 19.4 Å².